The minimum absolute atomic E-state index is 0.423. The van der Waals surface area contributed by atoms with Crippen LogP contribution in [0.2, 0.25) is 0 Å². The largest absolute Gasteiger partial charge is 0.496 e. The van der Waals surface area contributed by atoms with Crippen molar-refractivity contribution in [2.45, 2.75) is 51.1 Å². The summed E-state index contributed by atoms with van der Waals surface area (Å²) in [5.41, 5.74) is 1.25. The second-order valence-electron chi connectivity index (χ2n) is 5.80. The summed E-state index contributed by atoms with van der Waals surface area (Å²) in [4.78, 5) is 13.8. The molecule has 1 atom stereocenters. The van der Waals surface area contributed by atoms with E-state index in [4.69, 9.17) is 4.74 Å². The van der Waals surface area contributed by atoms with Crippen LogP contribution in [-0.4, -0.2) is 36.9 Å². The van der Waals surface area contributed by atoms with Crippen LogP contribution in [0.5, 0.6) is 5.75 Å². The van der Waals surface area contributed by atoms with E-state index in [2.05, 4.69) is 31.0 Å². The zero-order valence-corrected chi connectivity index (χ0v) is 12.8. The van der Waals surface area contributed by atoms with E-state index in [0.717, 1.165) is 37.9 Å². The van der Waals surface area contributed by atoms with Crippen LogP contribution < -0.4 is 4.74 Å². The van der Waals surface area contributed by atoms with E-state index in [9.17, 15) is 4.79 Å². The van der Waals surface area contributed by atoms with Gasteiger partial charge in [-0.3, -0.25) is 4.79 Å². The molecule has 1 aliphatic rings. The van der Waals surface area contributed by atoms with Crippen LogP contribution in [0.25, 0.3) is 0 Å². The Balaban J connectivity index is 1.96. The Bertz CT molecular complexity index is 448. The number of ether oxygens (including phenoxy) is 1. The average molecular weight is 275 g/mol. The van der Waals surface area contributed by atoms with Gasteiger partial charge in [-0.05, 0) is 44.9 Å². The summed E-state index contributed by atoms with van der Waals surface area (Å²) in [6.07, 6.45) is 4.48. The monoisotopic (exact) mass is 275 g/mol. The molecule has 110 valence electrons. The number of carbonyl (C=O) groups is 1. The molecule has 1 aliphatic carbocycles. The fourth-order valence-corrected chi connectivity index (χ4v) is 3.03. The molecule has 1 saturated carbocycles. The Labute approximate surface area is 121 Å². The Morgan fingerprint density at radius 3 is 2.60 bits per heavy atom. The fourth-order valence-electron chi connectivity index (χ4n) is 3.03. The van der Waals surface area contributed by atoms with Crippen molar-refractivity contribution in [2.24, 2.45) is 0 Å². The summed E-state index contributed by atoms with van der Waals surface area (Å²) >= 11 is 0. The molecule has 0 radical (unpaired) electrons. The lowest BCUT2D eigenvalue weighted by molar-refractivity contribution is -0.121. The van der Waals surface area contributed by atoms with Crippen LogP contribution in [0.1, 0.15) is 38.2 Å². The number of carbonyl (C=O) groups excluding carboxylic acids is 1. The number of ketones is 1. The number of rotatable bonds is 5. The third-order valence-electron chi connectivity index (χ3n) is 4.49. The maximum atomic E-state index is 11.3. The van der Waals surface area contributed by atoms with Crippen molar-refractivity contribution in [3.05, 3.63) is 29.8 Å². The number of benzene rings is 1. The third-order valence-corrected chi connectivity index (χ3v) is 4.49. The molecule has 20 heavy (non-hydrogen) atoms. The van der Waals surface area contributed by atoms with Crippen LogP contribution in [-0.2, 0) is 11.2 Å². The lowest BCUT2D eigenvalue weighted by Crippen LogP contribution is -2.41. The van der Waals surface area contributed by atoms with Crippen molar-refractivity contribution in [1.29, 1.82) is 0 Å². The first kappa shape index (κ1) is 15.0. The molecule has 1 unspecified atom stereocenters. The standard InChI is InChI=1S/C17H25NO2/c1-13(12-14-6-4-5-7-17(14)20-3)18(2)15-8-10-16(19)11-9-15/h4-7,13,15H,8-12H2,1-3H3. The number of hydrogen-bond donors (Lipinski definition) is 0. The van der Waals surface area contributed by atoms with Crippen molar-refractivity contribution in [3.63, 3.8) is 0 Å². The summed E-state index contributed by atoms with van der Waals surface area (Å²) in [6, 6.07) is 9.20. The molecular weight excluding hydrogens is 250 g/mol. The minimum Gasteiger partial charge on any atom is -0.496 e. The number of para-hydroxylation sites is 1. The summed E-state index contributed by atoms with van der Waals surface area (Å²) in [5, 5.41) is 0. The zero-order valence-electron chi connectivity index (χ0n) is 12.8. The molecular formula is C17H25NO2. The van der Waals surface area contributed by atoms with Crippen LogP contribution in [0.15, 0.2) is 24.3 Å². The van der Waals surface area contributed by atoms with Gasteiger partial charge < -0.3 is 9.64 Å². The van der Waals surface area contributed by atoms with E-state index < -0.39 is 0 Å². The summed E-state index contributed by atoms with van der Waals surface area (Å²) in [5.74, 6) is 1.39. The number of likely N-dealkylation sites (N-methyl/N-ethyl adjacent to an activating group) is 1. The molecule has 2 rings (SSSR count). The second kappa shape index (κ2) is 6.89. The normalized spacial score (nSPS) is 18.3. The zero-order chi connectivity index (χ0) is 14.5. The average Bonchev–Trinajstić information content (AvgIpc) is 2.48. The molecule has 1 aromatic rings. The third kappa shape index (κ3) is 3.60. The van der Waals surface area contributed by atoms with Gasteiger partial charge in [0.25, 0.3) is 0 Å². The van der Waals surface area contributed by atoms with Gasteiger partial charge in [0.2, 0.25) is 0 Å². The fraction of sp³-hybridized carbons (Fsp3) is 0.588. The lowest BCUT2D eigenvalue weighted by atomic mass is 9.92. The smallest absolute Gasteiger partial charge is 0.133 e. The SMILES string of the molecule is COc1ccccc1CC(C)N(C)C1CCC(=O)CC1. The van der Waals surface area contributed by atoms with Gasteiger partial charge in [0.1, 0.15) is 11.5 Å². The summed E-state index contributed by atoms with van der Waals surface area (Å²) in [7, 11) is 3.90. The molecule has 1 fully saturated rings. The number of hydrogen-bond acceptors (Lipinski definition) is 3. The number of methoxy groups -OCH3 is 1. The minimum atomic E-state index is 0.423. The maximum Gasteiger partial charge on any atom is 0.133 e. The second-order valence-corrected chi connectivity index (χ2v) is 5.80. The van der Waals surface area contributed by atoms with Gasteiger partial charge in [-0.1, -0.05) is 18.2 Å². The molecule has 0 N–H and O–H groups in total. The Morgan fingerprint density at radius 2 is 1.95 bits per heavy atom. The van der Waals surface area contributed by atoms with Crippen molar-refractivity contribution >= 4 is 5.78 Å². The van der Waals surface area contributed by atoms with Crippen LogP contribution >= 0.6 is 0 Å². The van der Waals surface area contributed by atoms with Gasteiger partial charge >= 0.3 is 0 Å². The Morgan fingerprint density at radius 1 is 1.30 bits per heavy atom. The number of Topliss-reactive ketones (excluding diaryl/α,β-unsaturated/α-hetero) is 1. The molecule has 0 spiro atoms. The van der Waals surface area contributed by atoms with Crippen LogP contribution in [0.3, 0.4) is 0 Å². The van der Waals surface area contributed by atoms with Gasteiger partial charge in [0.15, 0.2) is 0 Å². The van der Waals surface area contributed by atoms with Gasteiger partial charge in [-0.2, -0.15) is 0 Å². The van der Waals surface area contributed by atoms with Crippen molar-refractivity contribution in [2.75, 3.05) is 14.2 Å². The Hall–Kier alpha value is -1.35. The first-order chi connectivity index (χ1) is 9.61. The first-order valence-electron chi connectivity index (χ1n) is 7.47. The predicted molar refractivity (Wildman–Crippen MR) is 81.2 cm³/mol. The maximum absolute atomic E-state index is 11.3. The highest BCUT2D eigenvalue weighted by atomic mass is 16.5. The van der Waals surface area contributed by atoms with E-state index >= 15 is 0 Å². The van der Waals surface area contributed by atoms with Crippen LogP contribution in [0.4, 0.5) is 0 Å². The first-order valence-corrected chi connectivity index (χ1v) is 7.47. The van der Waals surface area contributed by atoms with Crippen LogP contribution in [0, 0.1) is 0 Å². The predicted octanol–water partition coefficient (Wildman–Crippen LogP) is 3.07. The van der Waals surface area contributed by atoms with Gasteiger partial charge in [0, 0.05) is 24.9 Å². The van der Waals surface area contributed by atoms with E-state index in [-0.39, 0.29) is 0 Å². The molecule has 0 aliphatic heterocycles. The number of nitrogens with zero attached hydrogens (tertiary/aromatic N) is 1. The Kier molecular flexibility index (Phi) is 5.18. The highest BCUT2D eigenvalue weighted by Crippen LogP contribution is 2.24. The van der Waals surface area contributed by atoms with Gasteiger partial charge in [0.05, 0.1) is 7.11 Å². The summed E-state index contributed by atoms with van der Waals surface area (Å²) in [6.45, 7) is 2.25. The van der Waals surface area contributed by atoms with Crippen molar-refractivity contribution in [1.82, 2.24) is 4.90 Å². The van der Waals surface area contributed by atoms with E-state index in [1.54, 1.807) is 7.11 Å². The van der Waals surface area contributed by atoms with Crippen molar-refractivity contribution in [3.8, 4) is 5.75 Å². The molecule has 0 aromatic heterocycles. The quantitative estimate of drug-likeness (QED) is 0.827. The molecule has 3 nitrogen and oxygen atoms in total. The highest BCUT2D eigenvalue weighted by Gasteiger charge is 2.25. The molecule has 0 amide bonds. The molecule has 3 heteroatoms. The summed E-state index contributed by atoms with van der Waals surface area (Å²) < 4.78 is 5.42. The van der Waals surface area contributed by atoms with Crippen molar-refractivity contribution < 1.29 is 9.53 Å². The molecule has 0 heterocycles. The van der Waals surface area contributed by atoms with Gasteiger partial charge in [-0.15, -0.1) is 0 Å². The topological polar surface area (TPSA) is 29.5 Å². The molecule has 1 aromatic carbocycles. The van der Waals surface area contributed by atoms with E-state index in [1.807, 2.05) is 12.1 Å². The highest BCUT2D eigenvalue weighted by molar-refractivity contribution is 5.79. The molecule has 0 saturated heterocycles. The molecule has 0 bridgehead atoms. The van der Waals surface area contributed by atoms with E-state index in [1.165, 1.54) is 5.56 Å². The van der Waals surface area contributed by atoms with E-state index in [0.29, 0.717) is 17.9 Å². The lowest BCUT2D eigenvalue weighted by Gasteiger charge is -2.35. The van der Waals surface area contributed by atoms with Gasteiger partial charge in [-0.25, -0.2) is 0 Å².